The van der Waals surface area contributed by atoms with E-state index in [-0.39, 0.29) is 6.54 Å². The minimum atomic E-state index is -1.72. The number of hydrogen-bond acceptors (Lipinski definition) is 9. The standard InChI is InChI=1S/C26H31FN8O2/c1-16(2)18-5-6-21(37-14-17-13-34(4)33-32-17)20-12-29-24(11-19(18)20)30-23-7-9-28-25(31-23)35-10-8-22(36)26(3,27)15-35/h5-7,9,11-13,16,22,36H,8,10,14-15H2,1-4H3,(H,28,29,30,31)/t22-,26+/m1/s1. The number of hydrogen-bond donors (Lipinski definition) is 2. The van der Waals surface area contributed by atoms with E-state index in [1.807, 2.05) is 25.4 Å². The fourth-order valence-electron chi connectivity index (χ4n) is 4.56. The Labute approximate surface area is 214 Å². The highest BCUT2D eigenvalue weighted by atomic mass is 19.1. The van der Waals surface area contributed by atoms with E-state index in [9.17, 15) is 9.50 Å². The molecule has 1 aromatic carbocycles. The Morgan fingerprint density at radius 3 is 2.78 bits per heavy atom. The molecule has 2 atom stereocenters. The number of fused-ring (bicyclic) bond motifs is 1. The molecule has 0 radical (unpaired) electrons. The number of anilines is 3. The fraction of sp³-hybridized carbons (Fsp3) is 0.423. The lowest BCUT2D eigenvalue weighted by Crippen LogP contribution is -2.52. The van der Waals surface area contributed by atoms with E-state index in [4.69, 9.17) is 4.74 Å². The zero-order valence-electron chi connectivity index (χ0n) is 21.4. The van der Waals surface area contributed by atoms with Crippen molar-refractivity contribution < 1.29 is 14.2 Å². The summed E-state index contributed by atoms with van der Waals surface area (Å²) in [6.07, 6.45) is 4.57. The van der Waals surface area contributed by atoms with Gasteiger partial charge in [0.2, 0.25) is 5.95 Å². The van der Waals surface area contributed by atoms with Crippen molar-refractivity contribution in [1.82, 2.24) is 29.9 Å². The number of halogens is 1. The van der Waals surface area contributed by atoms with Gasteiger partial charge in [-0.3, -0.25) is 4.68 Å². The largest absolute Gasteiger partial charge is 0.486 e. The first-order valence-corrected chi connectivity index (χ1v) is 12.3. The summed E-state index contributed by atoms with van der Waals surface area (Å²) in [5.41, 5.74) is 0.195. The molecule has 3 aromatic heterocycles. The maximum absolute atomic E-state index is 14.7. The Morgan fingerprint density at radius 1 is 1.22 bits per heavy atom. The minimum Gasteiger partial charge on any atom is -0.486 e. The van der Waals surface area contributed by atoms with E-state index in [0.717, 1.165) is 22.2 Å². The maximum atomic E-state index is 14.7. The van der Waals surface area contributed by atoms with Gasteiger partial charge in [0, 0.05) is 31.4 Å². The fourth-order valence-corrected chi connectivity index (χ4v) is 4.56. The Hall–Kier alpha value is -3.86. The molecule has 0 amide bonds. The molecule has 0 unspecified atom stereocenters. The van der Waals surface area contributed by atoms with E-state index >= 15 is 0 Å². The van der Waals surface area contributed by atoms with Crippen LogP contribution in [0.25, 0.3) is 10.8 Å². The van der Waals surface area contributed by atoms with Crippen molar-refractivity contribution in [1.29, 1.82) is 0 Å². The quantitative estimate of drug-likeness (QED) is 0.385. The van der Waals surface area contributed by atoms with Gasteiger partial charge in [0.05, 0.1) is 18.8 Å². The molecule has 0 saturated carbocycles. The van der Waals surface area contributed by atoms with Crippen molar-refractivity contribution in [2.45, 2.75) is 51.5 Å². The molecule has 10 nitrogen and oxygen atoms in total. The van der Waals surface area contributed by atoms with Crippen LogP contribution in [0.3, 0.4) is 0 Å². The predicted octanol–water partition coefficient (Wildman–Crippen LogP) is 3.90. The zero-order chi connectivity index (χ0) is 26.2. The Morgan fingerprint density at radius 2 is 2.05 bits per heavy atom. The number of aliphatic hydroxyl groups excluding tert-OH is 1. The number of aromatic nitrogens is 6. The summed E-state index contributed by atoms with van der Waals surface area (Å²) in [6, 6.07) is 7.77. The van der Waals surface area contributed by atoms with Crippen LogP contribution >= 0.6 is 0 Å². The maximum Gasteiger partial charge on any atom is 0.227 e. The van der Waals surface area contributed by atoms with E-state index in [1.54, 1.807) is 28.0 Å². The summed E-state index contributed by atoms with van der Waals surface area (Å²) in [7, 11) is 1.82. The van der Waals surface area contributed by atoms with Gasteiger partial charge in [0.25, 0.3) is 0 Å². The average molecular weight is 507 g/mol. The SMILES string of the molecule is CC(C)c1ccc(OCc2cn(C)nn2)c2cnc(Nc3ccnc(N4CC[C@@H](O)[C@@](C)(F)C4)n3)cc12. The number of rotatable bonds is 7. The molecule has 1 saturated heterocycles. The van der Waals surface area contributed by atoms with Crippen molar-refractivity contribution in [2.75, 3.05) is 23.3 Å². The molecule has 5 rings (SSSR count). The van der Waals surface area contributed by atoms with Gasteiger partial charge in [-0.2, -0.15) is 4.98 Å². The van der Waals surface area contributed by atoms with Gasteiger partial charge in [-0.25, -0.2) is 14.4 Å². The number of benzene rings is 1. The normalized spacial score (nSPS) is 20.0. The number of nitrogens with zero attached hydrogens (tertiary/aromatic N) is 7. The lowest BCUT2D eigenvalue weighted by molar-refractivity contribution is -0.00860. The van der Waals surface area contributed by atoms with Crippen LogP contribution in [0.5, 0.6) is 5.75 Å². The number of ether oxygens (including phenoxy) is 1. The van der Waals surface area contributed by atoms with Crippen molar-refractivity contribution in [3.05, 3.63) is 54.1 Å². The smallest absolute Gasteiger partial charge is 0.227 e. The van der Waals surface area contributed by atoms with Crippen LogP contribution in [0.15, 0.2) is 42.9 Å². The summed E-state index contributed by atoms with van der Waals surface area (Å²) in [5, 5.41) is 23.1. The van der Waals surface area contributed by atoms with Crippen LogP contribution < -0.4 is 15.0 Å². The molecule has 1 aliphatic heterocycles. The molecular formula is C26H31FN8O2. The first kappa shape index (κ1) is 24.8. The molecule has 2 N–H and O–H groups in total. The van der Waals surface area contributed by atoms with Crippen LogP contribution in [0, 0.1) is 0 Å². The van der Waals surface area contributed by atoms with Gasteiger partial charge in [-0.05, 0) is 48.4 Å². The van der Waals surface area contributed by atoms with E-state index in [1.165, 1.54) is 12.5 Å². The topological polar surface area (TPSA) is 114 Å². The second-order valence-corrected chi connectivity index (χ2v) is 9.97. The highest BCUT2D eigenvalue weighted by molar-refractivity contribution is 5.92. The van der Waals surface area contributed by atoms with Crippen molar-refractivity contribution in [3.8, 4) is 5.75 Å². The van der Waals surface area contributed by atoms with Crippen molar-refractivity contribution in [3.63, 3.8) is 0 Å². The number of pyridine rings is 1. The number of aryl methyl sites for hydroxylation is 1. The first-order chi connectivity index (χ1) is 17.7. The van der Waals surface area contributed by atoms with Crippen LogP contribution in [-0.2, 0) is 13.7 Å². The third kappa shape index (κ3) is 5.31. The Kier molecular flexibility index (Phi) is 6.63. The molecule has 11 heteroatoms. The van der Waals surface area contributed by atoms with Gasteiger partial charge in [0.1, 0.15) is 29.7 Å². The van der Waals surface area contributed by atoms with E-state index in [2.05, 4.69) is 50.5 Å². The van der Waals surface area contributed by atoms with Gasteiger partial charge in [-0.1, -0.05) is 25.1 Å². The van der Waals surface area contributed by atoms with Crippen LogP contribution in [0.4, 0.5) is 22.0 Å². The molecule has 0 aliphatic carbocycles. The molecule has 4 aromatic rings. The number of piperidine rings is 1. The molecule has 1 aliphatic rings. The number of aliphatic hydroxyl groups is 1. The molecule has 4 heterocycles. The van der Waals surface area contributed by atoms with Crippen molar-refractivity contribution in [2.24, 2.45) is 7.05 Å². The average Bonchev–Trinajstić information content (AvgIpc) is 3.29. The Balaban J connectivity index is 1.40. The monoisotopic (exact) mass is 506 g/mol. The second-order valence-electron chi connectivity index (χ2n) is 9.97. The summed E-state index contributed by atoms with van der Waals surface area (Å²) in [4.78, 5) is 15.3. The third-order valence-corrected chi connectivity index (χ3v) is 6.59. The highest BCUT2D eigenvalue weighted by Crippen LogP contribution is 2.34. The van der Waals surface area contributed by atoms with Gasteiger partial charge in [0.15, 0.2) is 5.67 Å². The molecule has 1 fully saturated rings. The van der Waals surface area contributed by atoms with Gasteiger partial charge < -0.3 is 20.1 Å². The third-order valence-electron chi connectivity index (χ3n) is 6.59. The van der Waals surface area contributed by atoms with E-state index < -0.39 is 11.8 Å². The highest BCUT2D eigenvalue weighted by Gasteiger charge is 2.39. The molecule has 194 valence electrons. The first-order valence-electron chi connectivity index (χ1n) is 12.3. The van der Waals surface area contributed by atoms with Crippen LogP contribution in [0.1, 0.15) is 44.4 Å². The zero-order valence-corrected chi connectivity index (χ0v) is 21.4. The molecule has 37 heavy (non-hydrogen) atoms. The summed E-state index contributed by atoms with van der Waals surface area (Å²) in [5.74, 6) is 2.58. The van der Waals surface area contributed by atoms with Crippen molar-refractivity contribution >= 4 is 28.4 Å². The lowest BCUT2D eigenvalue weighted by Gasteiger charge is -2.38. The number of alkyl halides is 1. The summed E-state index contributed by atoms with van der Waals surface area (Å²) in [6.45, 7) is 6.51. The second kappa shape index (κ2) is 9.89. The Bertz CT molecular complexity index is 1410. The van der Waals surface area contributed by atoms with E-state index in [0.29, 0.717) is 43.1 Å². The lowest BCUT2D eigenvalue weighted by atomic mass is 9.94. The minimum absolute atomic E-state index is 0.0287. The molecule has 0 spiro atoms. The van der Waals surface area contributed by atoms with Gasteiger partial charge >= 0.3 is 0 Å². The molecular weight excluding hydrogens is 475 g/mol. The van der Waals surface area contributed by atoms with Crippen LogP contribution in [0.2, 0.25) is 0 Å². The summed E-state index contributed by atoms with van der Waals surface area (Å²) >= 11 is 0. The molecule has 0 bridgehead atoms. The van der Waals surface area contributed by atoms with Crippen LogP contribution in [-0.4, -0.2) is 59.9 Å². The summed E-state index contributed by atoms with van der Waals surface area (Å²) < 4.78 is 22.4. The van der Waals surface area contributed by atoms with Gasteiger partial charge in [-0.15, -0.1) is 5.10 Å². The number of nitrogens with one attached hydrogen (secondary N) is 1. The predicted molar refractivity (Wildman–Crippen MR) is 139 cm³/mol.